The van der Waals surface area contributed by atoms with Gasteiger partial charge in [-0.25, -0.2) is 9.18 Å². The molecule has 2 rings (SSSR count). The van der Waals surface area contributed by atoms with Crippen LogP contribution in [0.5, 0.6) is 0 Å². The first kappa shape index (κ1) is 14.3. The highest BCUT2D eigenvalue weighted by Gasteiger charge is 2.21. The number of hydrogen-bond acceptors (Lipinski definition) is 3. The van der Waals surface area contributed by atoms with Crippen LogP contribution in [0.3, 0.4) is 0 Å². The zero-order chi connectivity index (χ0) is 14.7. The number of hydrogen-bond donors (Lipinski definition) is 2. The number of aromatic carboxylic acids is 1. The lowest BCUT2D eigenvalue weighted by atomic mass is 10.0. The van der Waals surface area contributed by atoms with Crippen LogP contribution in [-0.2, 0) is 4.79 Å². The molecule has 1 heterocycles. The molecule has 1 saturated heterocycles. The van der Waals surface area contributed by atoms with Crippen LogP contribution in [0.15, 0.2) is 18.2 Å². The lowest BCUT2D eigenvalue weighted by Crippen LogP contribution is -2.41. The summed E-state index contributed by atoms with van der Waals surface area (Å²) in [5.41, 5.74) is 0.251. The molecule has 108 valence electrons. The Morgan fingerprint density at radius 2 is 2.00 bits per heavy atom. The fourth-order valence-electron chi connectivity index (χ4n) is 2.35. The number of piperidine rings is 1. The maximum Gasteiger partial charge on any atom is 0.338 e. The van der Waals surface area contributed by atoms with Crippen LogP contribution >= 0.6 is 0 Å². The van der Waals surface area contributed by atoms with Crippen LogP contribution in [0.1, 0.15) is 30.1 Å². The van der Waals surface area contributed by atoms with Crippen LogP contribution in [-0.4, -0.2) is 41.0 Å². The van der Waals surface area contributed by atoms with E-state index in [1.165, 1.54) is 12.1 Å². The first-order chi connectivity index (χ1) is 9.47. The third kappa shape index (κ3) is 3.26. The number of carbonyl (C=O) groups excluding carboxylic acids is 1. The Bertz CT molecular complexity index is 525. The maximum atomic E-state index is 13.3. The van der Waals surface area contributed by atoms with E-state index in [-0.39, 0.29) is 17.5 Å². The summed E-state index contributed by atoms with van der Waals surface area (Å²) in [6.07, 6.45) is 1.58. The summed E-state index contributed by atoms with van der Waals surface area (Å²) in [6.45, 7) is 2.91. The van der Waals surface area contributed by atoms with Crippen LogP contribution in [0, 0.1) is 5.82 Å². The second-order valence-electron chi connectivity index (χ2n) is 4.92. The molecule has 0 radical (unpaired) electrons. The minimum Gasteiger partial charge on any atom is -0.478 e. The number of likely N-dealkylation sites (tertiary alicyclic amines) is 1. The summed E-state index contributed by atoms with van der Waals surface area (Å²) in [6, 6.07) is 4.14. The van der Waals surface area contributed by atoms with Gasteiger partial charge in [0.1, 0.15) is 5.82 Å². The van der Waals surface area contributed by atoms with Crippen molar-refractivity contribution in [2.24, 2.45) is 0 Å². The number of carboxylic acids is 1. The smallest absolute Gasteiger partial charge is 0.338 e. The summed E-state index contributed by atoms with van der Waals surface area (Å²) < 4.78 is 13.3. The SMILES string of the molecule is CC(=O)N1CCC(Nc2ccc(F)c(C(=O)O)c2)CC1. The molecule has 0 unspecified atom stereocenters. The van der Waals surface area contributed by atoms with Gasteiger partial charge in [-0.3, -0.25) is 4.79 Å². The Morgan fingerprint density at radius 1 is 1.35 bits per heavy atom. The minimum atomic E-state index is -1.28. The van der Waals surface area contributed by atoms with Crippen molar-refractivity contribution < 1.29 is 19.1 Å². The van der Waals surface area contributed by atoms with E-state index in [1.54, 1.807) is 11.8 Å². The first-order valence-corrected chi connectivity index (χ1v) is 6.52. The average molecular weight is 280 g/mol. The van der Waals surface area contributed by atoms with E-state index in [2.05, 4.69) is 5.32 Å². The molecule has 1 aromatic rings. The van der Waals surface area contributed by atoms with Gasteiger partial charge >= 0.3 is 5.97 Å². The van der Waals surface area contributed by atoms with Gasteiger partial charge in [0, 0.05) is 31.7 Å². The van der Waals surface area contributed by atoms with E-state index in [4.69, 9.17) is 5.11 Å². The normalized spacial score (nSPS) is 16.0. The number of anilines is 1. The number of benzene rings is 1. The lowest BCUT2D eigenvalue weighted by Gasteiger charge is -2.32. The van der Waals surface area contributed by atoms with Gasteiger partial charge in [0.05, 0.1) is 5.56 Å². The van der Waals surface area contributed by atoms with Gasteiger partial charge in [-0.15, -0.1) is 0 Å². The maximum absolute atomic E-state index is 13.3. The third-order valence-corrected chi connectivity index (χ3v) is 3.51. The van der Waals surface area contributed by atoms with Crippen LogP contribution in [0.4, 0.5) is 10.1 Å². The van der Waals surface area contributed by atoms with Crippen molar-refractivity contribution in [3.8, 4) is 0 Å². The van der Waals surface area contributed by atoms with Crippen molar-refractivity contribution in [2.45, 2.75) is 25.8 Å². The molecule has 0 aliphatic carbocycles. The topological polar surface area (TPSA) is 69.6 Å². The molecule has 0 bridgehead atoms. The van der Waals surface area contributed by atoms with Crippen molar-refractivity contribution in [3.05, 3.63) is 29.6 Å². The Balaban J connectivity index is 1.99. The molecule has 0 atom stereocenters. The second kappa shape index (κ2) is 5.90. The van der Waals surface area contributed by atoms with E-state index < -0.39 is 11.8 Å². The monoisotopic (exact) mass is 280 g/mol. The number of rotatable bonds is 3. The van der Waals surface area contributed by atoms with E-state index in [9.17, 15) is 14.0 Å². The van der Waals surface area contributed by atoms with Gasteiger partial charge in [0.2, 0.25) is 5.91 Å². The molecule has 20 heavy (non-hydrogen) atoms. The fourth-order valence-corrected chi connectivity index (χ4v) is 2.35. The number of amides is 1. The molecule has 6 heteroatoms. The molecular formula is C14H17FN2O3. The van der Waals surface area contributed by atoms with Crippen molar-refractivity contribution in [3.63, 3.8) is 0 Å². The molecule has 1 aliphatic rings. The molecule has 1 aromatic carbocycles. The molecule has 2 N–H and O–H groups in total. The highest BCUT2D eigenvalue weighted by molar-refractivity contribution is 5.89. The Labute approximate surface area is 116 Å². The number of carbonyl (C=O) groups is 2. The molecule has 5 nitrogen and oxygen atoms in total. The highest BCUT2D eigenvalue weighted by atomic mass is 19.1. The Morgan fingerprint density at radius 3 is 2.55 bits per heavy atom. The fraction of sp³-hybridized carbons (Fsp3) is 0.429. The molecule has 0 spiro atoms. The summed E-state index contributed by atoms with van der Waals surface area (Å²) in [7, 11) is 0. The predicted octanol–water partition coefficient (Wildman–Crippen LogP) is 1.95. The second-order valence-corrected chi connectivity index (χ2v) is 4.92. The largest absolute Gasteiger partial charge is 0.478 e. The predicted molar refractivity (Wildman–Crippen MR) is 72.3 cm³/mol. The molecule has 0 saturated carbocycles. The summed E-state index contributed by atoms with van der Waals surface area (Å²) in [5.74, 6) is -1.95. The van der Waals surface area contributed by atoms with Crippen LogP contribution < -0.4 is 5.32 Å². The average Bonchev–Trinajstić information content (AvgIpc) is 2.41. The standard InChI is InChI=1S/C14H17FN2O3/c1-9(18)17-6-4-10(5-7-17)16-11-2-3-13(15)12(8-11)14(19)20/h2-3,8,10,16H,4-7H2,1H3,(H,19,20). The zero-order valence-electron chi connectivity index (χ0n) is 11.2. The van der Waals surface area contributed by atoms with Crippen molar-refractivity contribution in [2.75, 3.05) is 18.4 Å². The summed E-state index contributed by atoms with van der Waals surface area (Å²) in [5, 5.41) is 12.1. The van der Waals surface area contributed by atoms with Crippen molar-refractivity contribution >= 4 is 17.6 Å². The van der Waals surface area contributed by atoms with E-state index in [0.717, 1.165) is 18.9 Å². The quantitative estimate of drug-likeness (QED) is 0.888. The molecule has 1 fully saturated rings. The van der Waals surface area contributed by atoms with E-state index >= 15 is 0 Å². The van der Waals surface area contributed by atoms with Gasteiger partial charge in [0.25, 0.3) is 0 Å². The molecule has 0 aromatic heterocycles. The molecular weight excluding hydrogens is 263 g/mol. The van der Waals surface area contributed by atoms with Crippen LogP contribution in [0.2, 0.25) is 0 Å². The zero-order valence-corrected chi connectivity index (χ0v) is 11.2. The van der Waals surface area contributed by atoms with Crippen molar-refractivity contribution in [1.29, 1.82) is 0 Å². The molecule has 1 aliphatic heterocycles. The van der Waals surface area contributed by atoms with Gasteiger partial charge in [-0.1, -0.05) is 0 Å². The number of carboxylic acid groups (broad SMARTS) is 1. The molecule has 1 amide bonds. The van der Waals surface area contributed by atoms with Gasteiger partial charge in [-0.2, -0.15) is 0 Å². The summed E-state index contributed by atoms with van der Waals surface area (Å²) >= 11 is 0. The number of halogens is 1. The Kier molecular flexibility index (Phi) is 4.22. The highest BCUT2D eigenvalue weighted by Crippen LogP contribution is 2.19. The minimum absolute atomic E-state index is 0.0680. The van der Waals surface area contributed by atoms with Gasteiger partial charge < -0.3 is 15.3 Å². The third-order valence-electron chi connectivity index (χ3n) is 3.51. The number of nitrogens with zero attached hydrogens (tertiary/aromatic N) is 1. The van der Waals surface area contributed by atoms with Crippen LogP contribution in [0.25, 0.3) is 0 Å². The van der Waals surface area contributed by atoms with E-state index in [0.29, 0.717) is 18.8 Å². The summed E-state index contributed by atoms with van der Waals surface area (Å²) in [4.78, 5) is 23.9. The number of nitrogens with one attached hydrogen (secondary N) is 1. The Hall–Kier alpha value is -2.11. The van der Waals surface area contributed by atoms with Gasteiger partial charge in [-0.05, 0) is 31.0 Å². The lowest BCUT2D eigenvalue weighted by molar-refractivity contribution is -0.129. The van der Waals surface area contributed by atoms with E-state index in [1.807, 2.05) is 0 Å². The first-order valence-electron chi connectivity index (χ1n) is 6.52. The van der Waals surface area contributed by atoms with Crippen molar-refractivity contribution in [1.82, 2.24) is 4.90 Å². The van der Waals surface area contributed by atoms with Gasteiger partial charge in [0.15, 0.2) is 0 Å².